The second-order valence-electron chi connectivity index (χ2n) is 5.16. The maximum absolute atomic E-state index is 12.0. The molecule has 1 saturated heterocycles. The number of anilines is 2. The molecule has 1 fully saturated rings. The highest BCUT2D eigenvalue weighted by Crippen LogP contribution is 2.17. The fourth-order valence-corrected chi connectivity index (χ4v) is 4.37. The van der Waals surface area contributed by atoms with Crippen molar-refractivity contribution in [2.45, 2.75) is 4.21 Å². The Morgan fingerprint density at radius 1 is 1.29 bits per heavy atom. The van der Waals surface area contributed by atoms with Gasteiger partial charge in [-0.15, -0.1) is 16.4 Å². The summed E-state index contributed by atoms with van der Waals surface area (Å²) in [5.74, 6) is 0.620. The van der Waals surface area contributed by atoms with Gasteiger partial charge in [0, 0.05) is 32.2 Å². The van der Waals surface area contributed by atoms with Crippen LogP contribution in [-0.4, -0.2) is 58.0 Å². The number of ether oxygens (including phenoxy) is 1. The number of aromatic nitrogens is 2. The predicted molar refractivity (Wildman–Crippen MR) is 93.1 cm³/mol. The van der Waals surface area contributed by atoms with Crippen LogP contribution in [-0.2, 0) is 14.8 Å². The first-order chi connectivity index (χ1) is 11.6. The first kappa shape index (κ1) is 17.1. The van der Waals surface area contributed by atoms with E-state index in [1.165, 1.54) is 11.3 Å². The standard InChI is InChI=1S/C14H19N5O3S2/c20-24(21,14-2-1-9-23-14)17-4-3-15-13-10-12(11-16-18-13)19-5-7-22-8-6-19/h1-2,9-11,17H,3-8H2,(H,15,18). The summed E-state index contributed by atoms with van der Waals surface area (Å²) in [6.45, 7) is 3.75. The van der Waals surface area contributed by atoms with Crippen molar-refractivity contribution in [2.75, 3.05) is 49.6 Å². The number of sulfonamides is 1. The lowest BCUT2D eigenvalue weighted by molar-refractivity contribution is 0.122. The van der Waals surface area contributed by atoms with Crippen molar-refractivity contribution < 1.29 is 13.2 Å². The van der Waals surface area contributed by atoms with Crippen LogP contribution in [0, 0.1) is 0 Å². The van der Waals surface area contributed by atoms with Crippen molar-refractivity contribution in [1.82, 2.24) is 14.9 Å². The van der Waals surface area contributed by atoms with Crippen LogP contribution in [0.4, 0.5) is 11.5 Å². The van der Waals surface area contributed by atoms with Gasteiger partial charge in [0.05, 0.1) is 25.1 Å². The molecule has 0 aromatic carbocycles. The lowest BCUT2D eigenvalue weighted by Gasteiger charge is -2.28. The van der Waals surface area contributed by atoms with Crippen molar-refractivity contribution in [2.24, 2.45) is 0 Å². The van der Waals surface area contributed by atoms with Crippen LogP contribution in [0.2, 0.25) is 0 Å². The van der Waals surface area contributed by atoms with Crippen molar-refractivity contribution in [3.8, 4) is 0 Å². The first-order valence-electron chi connectivity index (χ1n) is 7.58. The molecule has 130 valence electrons. The molecule has 24 heavy (non-hydrogen) atoms. The third kappa shape index (κ3) is 4.41. The number of nitrogens with zero attached hydrogens (tertiary/aromatic N) is 3. The van der Waals surface area contributed by atoms with Crippen LogP contribution < -0.4 is 14.9 Å². The normalized spacial score (nSPS) is 15.4. The second kappa shape index (κ2) is 7.88. The summed E-state index contributed by atoms with van der Waals surface area (Å²) in [4.78, 5) is 2.18. The van der Waals surface area contributed by atoms with Crippen LogP contribution in [0.15, 0.2) is 34.0 Å². The Morgan fingerprint density at radius 2 is 2.12 bits per heavy atom. The van der Waals surface area contributed by atoms with Gasteiger partial charge in [0.15, 0.2) is 5.82 Å². The van der Waals surface area contributed by atoms with Crippen molar-refractivity contribution >= 4 is 32.9 Å². The number of rotatable bonds is 7. The summed E-state index contributed by atoms with van der Waals surface area (Å²) in [7, 11) is -3.43. The van der Waals surface area contributed by atoms with E-state index in [0.29, 0.717) is 29.8 Å². The zero-order valence-corrected chi connectivity index (χ0v) is 14.6. The van der Waals surface area contributed by atoms with Gasteiger partial charge in [-0.2, -0.15) is 5.10 Å². The molecule has 0 spiro atoms. The maximum Gasteiger partial charge on any atom is 0.250 e. The van der Waals surface area contributed by atoms with Gasteiger partial charge in [0.25, 0.3) is 0 Å². The lowest BCUT2D eigenvalue weighted by Crippen LogP contribution is -2.36. The van der Waals surface area contributed by atoms with Gasteiger partial charge in [-0.25, -0.2) is 13.1 Å². The van der Waals surface area contributed by atoms with E-state index in [1.54, 1.807) is 23.7 Å². The van der Waals surface area contributed by atoms with E-state index in [0.717, 1.165) is 18.8 Å². The molecule has 0 bridgehead atoms. The lowest BCUT2D eigenvalue weighted by atomic mass is 10.3. The van der Waals surface area contributed by atoms with Crippen molar-refractivity contribution in [1.29, 1.82) is 0 Å². The van der Waals surface area contributed by atoms with Gasteiger partial charge < -0.3 is 15.0 Å². The molecular formula is C14H19N5O3S2. The third-order valence-corrected chi connectivity index (χ3v) is 6.36. The van der Waals surface area contributed by atoms with E-state index in [2.05, 4.69) is 25.1 Å². The Morgan fingerprint density at radius 3 is 2.88 bits per heavy atom. The molecule has 8 nitrogen and oxygen atoms in total. The van der Waals surface area contributed by atoms with Gasteiger partial charge in [-0.1, -0.05) is 6.07 Å². The van der Waals surface area contributed by atoms with Gasteiger partial charge in [0.2, 0.25) is 10.0 Å². The highest BCUT2D eigenvalue weighted by atomic mass is 32.2. The maximum atomic E-state index is 12.0. The first-order valence-corrected chi connectivity index (χ1v) is 9.94. The quantitative estimate of drug-likeness (QED) is 0.696. The molecule has 3 rings (SSSR count). The van der Waals surface area contributed by atoms with Crippen LogP contribution in [0.5, 0.6) is 0 Å². The molecule has 2 N–H and O–H groups in total. The Hall–Kier alpha value is -1.75. The van der Waals surface area contributed by atoms with Crippen molar-refractivity contribution in [3.63, 3.8) is 0 Å². The SMILES string of the molecule is O=S(=O)(NCCNc1cc(N2CCOCC2)cnn1)c1cccs1. The summed E-state index contributed by atoms with van der Waals surface area (Å²) >= 11 is 1.19. The minimum atomic E-state index is -3.43. The van der Waals surface area contributed by atoms with E-state index in [9.17, 15) is 8.42 Å². The molecule has 10 heteroatoms. The number of thiophene rings is 1. The Kier molecular flexibility index (Phi) is 5.61. The monoisotopic (exact) mass is 369 g/mol. The smallest absolute Gasteiger partial charge is 0.250 e. The predicted octanol–water partition coefficient (Wildman–Crippen LogP) is 0.765. The van der Waals surface area contributed by atoms with Crippen LogP contribution in [0.3, 0.4) is 0 Å². The van der Waals surface area contributed by atoms with E-state index < -0.39 is 10.0 Å². The topological polar surface area (TPSA) is 96.5 Å². The molecule has 3 heterocycles. The van der Waals surface area contributed by atoms with E-state index in [1.807, 2.05) is 6.07 Å². The van der Waals surface area contributed by atoms with Gasteiger partial charge in [-0.05, 0) is 11.4 Å². The van der Waals surface area contributed by atoms with Gasteiger partial charge in [-0.3, -0.25) is 0 Å². The number of morpholine rings is 1. The summed E-state index contributed by atoms with van der Waals surface area (Å²) in [6, 6.07) is 5.20. The summed E-state index contributed by atoms with van der Waals surface area (Å²) in [5, 5.41) is 12.8. The number of hydrogen-bond donors (Lipinski definition) is 2. The van der Waals surface area contributed by atoms with Gasteiger partial charge >= 0.3 is 0 Å². The molecule has 0 amide bonds. The highest BCUT2D eigenvalue weighted by molar-refractivity contribution is 7.91. The molecule has 1 aliphatic heterocycles. The Bertz CT molecular complexity index is 746. The van der Waals surface area contributed by atoms with E-state index >= 15 is 0 Å². The molecule has 0 radical (unpaired) electrons. The van der Waals surface area contributed by atoms with Gasteiger partial charge in [0.1, 0.15) is 4.21 Å². The molecule has 2 aromatic rings. The number of hydrogen-bond acceptors (Lipinski definition) is 8. The van der Waals surface area contributed by atoms with Crippen LogP contribution in [0.1, 0.15) is 0 Å². The summed E-state index contributed by atoms with van der Waals surface area (Å²) < 4.78 is 32.2. The Labute approximate surface area is 144 Å². The number of nitrogens with one attached hydrogen (secondary N) is 2. The largest absolute Gasteiger partial charge is 0.378 e. The summed E-state index contributed by atoms with van der Waals surface area (Å²) in [5.41, 5.74) is 0.981. The molecule has 1 aliphatic rings. The van der Waals surface area contributed by atoms with E-state index in [-0.39, 0.29) is 6.54 Å². The fraction of sp³-hybridized carbons (Fsp3) is 0.429. The van der Waals surface area contributed by atoms with Crippen molar-refractivity contribution in [3.05, 3.63) is 29.8 Å². The van der Waals surface area contributed by atoms with Crippen LogP contribution >= 0.6 is 11.3 Å². The summed E-state index contributed by atoms with van der Waals surface area (Å²) in [6.07, 6.45) is 1.72. The molecule has 2 aromatic heterocycles. The minimum Gasteiger partial charge on any atom is -0.378 e. The molecule has 0 atom stereocenters. The minimum absolute atomic E-state index is 0.268. The average Bonchev–Trinajstić information content (AvgIpc) is 3.16. The molecule has 0 saturated carbocycles. The average molecular weight is 369 g/mol. The third-order valence-electron chi connectivity index (χ3n) is 3.50. The fourth-order valence-electron chi connectivity index (χ4n) is 2.30. The zero-order chi connectivity index (χ0) is 16.8. The van der Waals surface area contributed by atoms with E-state index in [4.69, 9.17) is 4.74 Å². The second-order valence-corrected chi connectivity index (χ2v) is 8.10. The van der Waals surface area contributed by atoms with Crippen LogP contribution in [0.25, 0.3) is 0 Å². The zero-order valence-electron chi connectivity index (χ0n) is 13.0. The Balaban J connectivity index is 1.50. The molecule has 0 unspecified atom stereocenters. The highest BCUT2D eigenvalue weighted by Gasteiger charge is 2.14. The molecule has 0 aliphatic carbocycles. The molecular weight excluding hydrogens is 350 g/mol.